The molecule has 0 fully saturated rings. The fourth-order valence-electron chi connectivity index (χ4n) is 2.51. The number of rotatable bonds is 7. The van der Waals surface area contributed by atoms with Gasteiger partial charge in [-0.2, -0.15) is 0 Å². The van der Waals surface area contributed by atoms with Crippen LogP contribution in [0.5, 0.6) is 0 Å². The Morgan fingerprint density at radius 1 is 1.21 bits per heavy atom. The zero-order valence-electron chi connectivity index (χ0n) is 12.0. The summed E-state index contributed by atoms with van der Waals surface area (Å²) in [4.78, 5) is 4.68. The number of fused-ring (bicyclic) bond motifs is 1. The minimum atomic E-state index is -0.271. The van der Waals surface area contributed by atoms with Crippen LogP contribution in [0.2, 0.25) is 0 Å². The van der Waals surface area contributed by atoms with Crippen molar-refractivity contribution in [1.82, 2.24) is 9.55 Å². The molecular weight excluding hydrogens is 236 g/mol. The third-order valence-electron chi connectivity index (χ3n) is 3.49. The molecule has 1 N–H and O–H groups in total. The SMILES string of the molecule is CCCCC(O)Cc1nc2ccccc2n1CCC. The average Bonchev–Trinajstić information content (AvgIpc) is 2.75. The molecule has 3 heteroatoms. The first kappa shape index (κ1) is 14.1. The van der Waals surface area contributed by atoms with E-state index in [1.807, 2.05) is 18.2 Å². The van der Waals surface area contributed by atoms with E-state index in [9.17, 15) is 5.11 Å². The quantitative estimate of drug-likeness (QED) is 0.827. The maximum Gasteiger partial charge on any atom is 0.112 e. The van der Waals surface area contributed by atoms with Gasteiger partial charge in [-0.25, -0.2) is 4.98 Å². The van der Waals surface area contributed by atoms with E-state index >= 15 is 0 Å². The Morgan fingerprint density at radius 3 is 2.74 bits per heavy atom. The van der Waals surface area contributed by atoms with Crippen LogP contribution in [0.15, 0.2) is 24.3 Å². The number of aromatic nitrogens is 2. The minimum Gasteiger partial charge on any atom is -0.393 e. The molecule has 104 valence electrons. The Morgan fingerprint density at radius 2 is 2.00 bits per heavy atom. The maximum absolute atomic E-state index is 10.1. The molecule has 0 amide bonds. The Balaban J connectivity index is 2.23. The molecule has 0 aliphatic heterocycles. The molecule has 1 aromatic carbocycles. The molecule has 2 aromatic rings. The lowest BCUT2D eigenvalue weighted by atomic mass is 10.1. The number of aliphatic hydroxyl groups is 1. The van der Waals surface area contributed by atoms with Gasteiger partial charge in [0.2, 0.25) is 0 Å². The van der Waals surface area contributed by atoms with Gasteiger partial charge in [-0.3, -0.25) is 0 Å². The van der Waals surface area contributed by atoms with Crippen LogP contribution in [0.1, 0.15) is 45.4 Å². The number of imidazole rings is 1. The Hall–Kier alpha value is -1.35. The molecule has 2 rings (SSSR count). The molecular formula is C16H24N2O. The van der Waals surface area contributed by atoms with E-state index in [1.54, 1.807) is 0 Å². The first-order valence-corrected chi connectivity index (χ1v) is 7.38. The molecule has 0 spiro atoms. The minimum absolute atomic E-state index is 0.271. The van der Waals surface area contributed by atoms with Crippen LogP contribution >= 0.6 is 0 Å². The van der Waals surface area contributed by atoms with Gasteiger partial charge in [-0.15, -0.1) is 0 Å². The smallest absolute Gasteiger partial charge is 0.112 e. The van der Waals surface area contributed by atoms with Crippen molar-refractivity contribution in [2.75, 3.05) is 0 Å². The van der Waals surface area contributed by atoms with E-state index < -0.39 is 0 Å². The van der Waals surface area contributed by atoms with Crippen LogP contribution in [0.25, 0.3) is 11.0 Å². The summed E-state index contributed by atoms with van der Waals surface area (Å²) in [5, 5.41) is 10.1. The van der Waals surface area contributed by atoms with E-state index in [1.165, 1.54) is 5.52 Å². The van der Waals surface area contributed by atoms with E-state index in [4.69, 9.17) is 0 Å². The van der Waals surface area contributed by atoms with Crippen molar-refractivity contribution in [3.63, 3.8) is 0 Å². The van der Waals surface area contributed by atoms with E-state index in [0.29, 0.717) is 6.42 Å². The monoisotopic (exact) mass is 260 g/mol. The molecule has 1 heterocycles. The van der Waals surface area contributed by atoms with Crippen molar-refractivity contribution < 1.29 is 5.11 Å². The lowest BCUT2D eigenvalue weighted by Gasteiger charge is -2.12. The summed E-state index contributed by atoms with van der Waals surface area (Å²) >= 11 is 0. The summed E-state index contributed by atoms with van der Waals surface area (Å²) in [7, 11) is 0. The Labute approximate surface area is 115 Å². The molecule has 0 saturated carbocycles. The van der Waals surface area contributed by atoms with Crippen molar-refractivity contribution >= 4 is 11.0 Å². The molecule has 0 aliphatic rings. The predicted molar refractivity (Wildman–Crippen MR) is 79.3 cm³/mol. The molecule has 0 aliphatic carbocycles. The lowest BCUT2D eigenvalue weighted by molar-refractivity contribution is 0.158. The highest BCUT2D eigenvalue weighted by molar-refractivity contribution is 5.75. The predicted octanol–water partition coefficient (Wildman–Crippen LogP) is 3.54. The number of nitrogens with zero attached hydrogens (tertiary/aromatic N) is 2. The summed E-state index contributed by atoms with van der Waals surface area (Å²) in [6.07, 6.45) is 4.55. The molecule has 19 heavy (non-hydrogen) atoms. The third kappa shape index (κ3) is 3.35. The topological polar surface area (TPSA) is 38.1 Å². The van der Waals surface area contributed by atoms with Crippen molar-refractivity contribution in [2.45, 2.75) is 58.6 Å². The van der Waals surface area contributed by atoms with E-state index in [0.717, 1.165) is 43.6 Å². The highest BCUT2D eigenvalue weighted by atomic mass is 16.3. The van der Waals surface area contributed by atoms with Gasteiger partial charge < -0.3 is 9.67 Å². The highest BCUT2D eigenvalue weighted by Gasteiger charge is 2.13. The van der Waals surface area contributed by atoms with Crippen LogP contribution in [0, 0.1) is 0 Å². The fraction of sp³-hybridized carbons (Fsp3) is 0.562. The van der Waals surface area contributed by atoms with Crippen molar-refractivity contribution in [3.8, 4) is 0 Å². The zero-order valence-corrected chi connectivity index (χ0v) is 12.0. The average molecular weight is 260 g/mol. The van der Waals surface area contributed by atoms with Crippen LogP contribution in [0.4, 0.5) is 0 Å². The normalized spacial score (nSPS) is 13.0. The van der Waals surface area contributed by atoms with Crippen molar-refractivity contribution in [1.29, 1.82) is 0 Å². The zero-order chi connectivity index (χ0) is 13.7. The molecule has 0 saturated heterocycles. The summed E-state index contributed by atoms with van der Waals surface area (Å²) < 4.78 is 2.25. The number of benzene rings is 1. The standard InChI is InChI=1S/C16H24N2O/c1-3-5-8-13(19)12-16-17-14-9-6-7-10-15(14)18(16)11-4-2/h6-7,9-10,13,19H,3-5,8,11-12H2,1-2H3. The van der Waals surface area contributed by atoms with Crippen LogP contribution in [-0.2, 0) is 13.0 Å². The van der Waals surface area contributed by atoms with Gasteiger partial charge in [-0.05, 0) is 25.0 Å². The highest BCUT2D eigenvalue weighted by Crippen LogP contribution is 2.18. The largest absolute Gasteiger partial charge is 0.393 e. The van der Waals surface area contributed by atoms with Gasteiger partial charge in [0.1, 0.15) is 5.82 Å². The van der Waals surface area contributed by atoms with Crippen molar-refractivity contribution in [2.24, 2.45) is 0 Å². The van der Waals surface area contributed by atoms with Crippen LogP contribution < -0.4 is 0 Å². The number of aliphatic hydroxyl groups excluding tert-OH is 1. The van der Waals surface area contributed by atoms with E-state index in [2.05, 4.69) is 29.5 Å². The molecule has 0 radical (unpaired) electrons. The maximum atomic E-state index is 10.1. The first-order chi connectivity index (χ1) is 9.26. The van der Waals surface area contributed by atoms with Gasteiger partial charge >= 0.3 is 0 Å². The fourth-order valence-corrected chi connectivity index (χ4v) is 2.51. The summed E-state index contributed by atoms with van der Waals surface area (Å²) in [6.45, 7) is 5.29. The van der Waals surface area contributed by atoms with Crippen LogP contribution in [0.3, 0.4) is 0 Å². The van der Waals surface area contributed by atoms with Gasteiger partial charge in [0.05, 0.1) is 17.1 Å². The number of hydrogen-bond donors (Lipinski definition) is 1. The Kier molecular flexibility index (Phi) is 4.97. The van der Waals surface area contributed by atoms with Gasteiger partial charge in [0, 0.05) is 13.0 Å². The molecule has 0 bridgehead atoms. The second kappa shape index (κ2) is 6.71. The number of aryl methyl sites for hydroxylation is 1. The summed E-state index contributed by atoms with van der Waals surface area (Å²) in [5.74, 6) is 1.02. The van der Waals surface area contributed by atoms with E-state index in [-0.39, 0.29) is 6.10 Å². The number of unbranched alkanes of at least 4 members (excludes halogenated alkanes) is 1. The summed E-state index contributed by atoms with van der Waals surface area (Å²) in [5.41, 5.74) is 2.22. The van der Waals surface area contributed by atoms with Crippen molar-refractivity contribution in [3.05, 3.63) is 30.1 Å². The molecule has 1 unspecified atom stereocenters. The molecule has 3 nitrogen and oxygen atoms in total. The summed E-state index contributed by atoms with van der Waals surface area (Å²) in [6, 6.07) is 8.22. The van der Waals surface area contributed by atoms with Gasteiger partial charge in [0.15, 0.2) is 0 Å². The lowest BCUT2D eigenvalue weighted by Crippen LogP contribution is -2.15. The molecule has 1 atom stereocenters. The number of para-hydroxylation sites is 2. The van der Waals surface area contributed by atoms with Crippen LogP contribution in [-0.4, -0.2) is 20.8 Å². The Bertz CT molecular complexity index is 518. The first-order valence-electron chi connectivity index (χ1n) is 7.38. The third-order valence-corrected chi connectivity index (χ3v) is 3.49. The van der Waals surface area contributed by atoms with Gasteiger partial charge in [-0.1, -0.05) is 38.8 Å². The second-order valence-corrected chi connectivity index (χ2v) is 5.17. The molecule has 1 aromatic heterocycles. The second-order valence-electron chi connectivity index (χ2n) is 5.17. The van der Waals surface area contributed by atoms with Gasteiger partial charge in [0.25, 0.3) is 0 Å². The number of hydrogen-bond acceptors (Lipinski definition) is 2.